The number of halogens is 2. The van der Waals surface area contributed by atoms with E-state index in [1.165, 1.54) is 6.20 Å². The molecule has 2 aromatic carbocycles. The summed E-state index contributed by atoms with van der Waals surface area (Å²) >= 11 is 12.1. The van der Waals surface area contributed by atoms with Gasteiger partial charge in [-0.15, -0.1) is 11.6 Å². The van der Waals surface area contributed by atoms with E-state index in [1.54, 1.807) is 18.2 Å². The van der Waals surface area contributed by atoms with Crippen molar-refractivity contribution in [2.24, 2.45) is 0 Å². The molecule has 0 bridgehead atoms. The summed E-state index contributed by atoms with van der Waals surface area (Å²) < 4.78 is 36.4. The lowest BCUT2D eigenvalue weighted by atomic mass is 10.1. The van der Waals surface area contributed by atoms with Crippen molar-refractivity contribution in [1.82, 2.24) is 9.97 Å². The van der Waals surface area contributed by atoms with Crippen LogP contribution >= 0.6 is 23.2 Å². The molecule has 0 saturated heterocycles. The number of benzene rings is 2. The van der Waals surface area contributed by atoms with Gasteiger partial charge in [-0.1, -0.05) is 11.6 Å². The first-order chi connectivity index (χ1) is 16.8. The molecule has 2 heterocycles. The molecule has 4 rings (SSSR count). The van der Waals surface area contributed by atoms with E-state index in [0.29, 0.717) is 40.2 Å². The number of alkyl halides is 1. The molecule has 0 unspecified atom stereocenters. The summed E-state index contributed by atoms with van der Waals surface area (Å²) in [5, 5.41) is 9.92. The standard InChI is InChI=1S/C23H21Cl2N5O4S/c1-35(31,32)29-23-27-7-4-17(28-23)14-34-19-2-3-21-15(11-19)5-8-30(21)18-10-16(13-26)22(20(25)12-18)33-9-6-24/h2-4,7,10-12H,5-6,8-9,14H2,1H3,(H,27,28,29). The number of rotatable bonds is 9. The molecule has 0 fully saturated rings. The molecular formula is C23H21Cl2N5O4S. The predicted octanol–water partition coefficient (Wildman–Crippen LogP) is 4.26. The third-order valence-electron chi connectivity index (χ3n) is 5.11. The highest BCUT2D eigenvalue weighted by molar-refractivity contribution is 7.91. The van der Waals surface area contributed by atoms with Crippen molar-refractivity contribution in [2.45, 2.75) is 13.0 Å². The number of nitrogens with one attached hydrogen (secondary N) is 1. The number of sulfonamides is 1. The molecule has 0 atom stereocenters. The van der Waals surface area contributed by atoms with E-state index >= 15 is 0 Å². The van der Waals surface area contributed by atoms with Gasteiger partial charge < -0.3 is 14.4 Å². The van der Waals surface area contributed by atoms with Crippen LogP contribution in [0.15, 0.2) is 42.6 Å². The van der Waals surface area contributed by atoms with Gasteiger partial charge in [0.1, 0.15) is 25.0 Å². The monoisotopic (exact) mass is 533 g/mol. The first-order valence-corrected chi connectivity index (χ1v) is 13.3. The Kier molecular flexibility index (Phi) is 7.50. The fourth-order valence-electron chi connectivity index (χ4n) is 3.69. The SMILES string of the molecule is CS(=O)(=O)Nc1nccc(COc2ccc3c(c2)CCN3c2cc(Cl)c(OCCCl)c(C#N)c2)n1. The fourth-order valence-corrected chi connectivity index (χ4v) is 4.47. The molecule has 182 valence electrons. The van der Waals surface area contributed by atoms with E-state index in [1.807, 2.05) is 18.2 Å². The van der Waals surface area contributed by atoms with Gasteiger partial charge in [0.15, 0.2) is 5.75 Å². The van der Waals surface area contributed by atoms with Crippen molar-refractivity contribution >= 4 is 50.5 Å². The second kappa shape index (κ2) is 10.6. The van der Waals surface area contributed by atoms with Crippen LogP contribution in [-0.4, -0.2) is 43.7 Å². The average Bonchev–Trinajstić information content (AvgIpc) is 3.24. The molecule has 35 heavy (non-hydrogen) atoms. The Morgan fingerprint density at radius 2 is 2.06 bits per heavy atom. The largest absolute Gasteiger partial charge is 0.489 e. The molecule has 0 radical (unpaired) electrons. The van der Waals surface area contributed by atoms with E-state index in [-0.39, 0.29) is 19.2 Å². The Morgan fingerprint density at radius 1 is 1.23 bits per heavy atom. The van der Waals surface area contributed by atoms with Crippen molar-refractivity contribution < 1.29 is 17.9 Å². The highest BCUT2D eigenvalue weighted by Crippen LogP contribution is 2.40. The molecule has 1 N–H and O–H groups in total. The first kappa shape index (κ1) is 24.9. The quantitative estimate of drug-likeness (QED) is 0.405. The number of nitrogens with zero attached hydrogens (tertiary/aromatic N) is 4. The maximum absolute atomic E-state index is 11.4. The summed E-state index contributed by atoms with van der Waals surface area (Å²) in [6.45, 7) is 1.12. The van der Waals surface area contributed by atoms with E-state index in [9.17, 15) is 13.7 Å². The number of anilines is 3. The lowest BCUT2D eigenvalue weighted by Gasteiger charge is -2.21. The molecule has 1 aliphatic heterocycles. The minimum atomic E-state index is -3.47. The second-order valence-electron chi connectivity index (χ2n) is 7.68. The second-order valence-corrected chi connectivity index (χ2v) is 10.2. The predicted molar refractivity (Wildman–Crippen MR) is 134 cm³/mol. The van der Waals surface area contributed by atoms with Crippen LogP contribution in [0.3, 0.4) is 0 Å². The zero-order valence-corrected chi connectivity index (χ0v) is 21.0. The third kappa shape index (κ3) is 6.06. The number of ether oxygens (including phenoxy) is 2. The number of fused-ring (bicyclic) bond motifs is 1. The molecule has 1 aliphatic rings. The minimum absolute atomic E-state index is 0.00679. The number of aromatic nitrogens is 2. The zero-order chi connectivity index (χ0) is 25.0. The van der Waals surface area contributed by atoms with Crippen LogP contribution < -0.4 is 19.1 Å². The molecule has 0 saturated carbocycles. The summed E-state index contributed by atoms with van der Waals surface area (Å²) in [5.74, 6) is 1.28. The third-order valence-corrected chi connectivity index (χ3v) is 6.10. The molecule has 12 heteroatoms. The molecule has 0 amide bonds. The Hall–Kier alpha value is -3.26. The van der Waals surface area contributed by atoms with Gasteiger partial charge in [-0.3, -0.25) is 4.72 Å². The zero-order valence-electron chi connectivity index (χ0n) is 18.7. The fraction of sp³-hybridized carbons (Fsp3) is 0.261. The molecule has 1 aromatic heterocycles. The first-order valence-electron chi connectivity index (χ1n) is 10.5. The molecule has 0 aliphatic carbocycles. The van der Waals surface area contributed by atoms with Crippen LogP contribution in [-0.2, 0) is 23.1 Å². The van der Waals surface area contributed by atoms with Gasteiger partial charge in [-0.25, -0.2) is 18.4 Å². The highest BCUT2D eigenvalue weighted by Gasteiger charge is 2.23. The van der Waals surface area contributed by atoms with E-state index in [0.717, 1.165) is 29.6 Å². The van der Waals surface area contributed by atoms with Crippen molar-refractivity contribution in [3.8, 4) is 17.6 Å². The van der Waals surface area contributed by atoms with Gasteiger partial charge in [-0.2, -0.15) is 5.26 Å². The summed E-state index contributed by atoms with van der Waals surface area (Å²) in [6, 6.07) is 13.1. The van der Waals surface area contributed by atoms with Crippen molar-refractivity contribution in [3.05, 3.63) is 64.4 Å². The molecule has 9 nitrogen and oxygen atoms in total. The van der Waals surface area contributed by atoms with Crippen LogP contribution in [0.5, 0.6) is 11.5 Å². The van der Waals surface area contributed by atoms with Gasteiger partial charge in [0, 0.05) is 24.1 Å². The average molecular weight is 534 g/mol. The normalized spacial score (nSPS) is 12.7. The summed E-state index contributed by atoms with van der Waals surface area (Å²) in [5.41, 5.74) is 3.75. The van der Waals surface area contributed by atoms with Gasteiger partial charge in [0.05, 0.1) is 28.4 Å². The maximum atomic E-state index is 11.4. The van der Waals surface area contributed by atoms with E-state index in [2.05, 4.69) is 25.7 Å². The summed E-state index contributed by atoms with van der Waals surface area (Å²) in [7, 11) is -3.47. The lowest BCUT2D eigenvalue weighted by Crippen LogP contribution is -2.14. The van der Waals surface area contributed by atoms with E-state index < -0.39 is 10.0 Å². The van der Waals surface area contributed by atoms with E-state index in [4.69, 9.17) is 32.7 Å². The smallest absolute Gasteiger partial charge is 0.236 e. The van der Waals surface area contributed by atoms with Crippen molar-refractivity contribution in [2.75, 3.05) is 34.9 Å². The number of hydrogen-bond acceptors (Lipinski definition) is 8. The van der Waals surface area contributed by atoms with Gasteiger partial charge in [0.2, 0.25) is 16.0 Å². The van der Waals surface area contributed by atoms with Crippen LogP contribution in [0.25, 0.3) is 0 Å². The van der Waals surface area contributed by atoms with Gasteiger partial charge in [-0.05, 0) is 48.4 Å². The molecule has 0 spiro atoms. The van der Waals surface area contributed by atoms with Crippen LogP contribution in [0.1, 0.15) is 16.8 Å². The highest BCUT2D eigenvalue weighted by atomic mass is 35.5. The van der Waals surface area contributed by atoms with Crippen LogP contribution in [0, 0.1) is 11.3 Å². The van der Waals surface area contributed by atoms with Gasteiger partial charge >= 0.3 is 0 Å². The lowest BCUT2D eigenvalue weighted by molar-refractivity contribution is 0.301. The van der Waals surface area contributed by atoms with Crippen LogP contribution in [0.4, 0.5) is 17.3 Å². The van der Waals surface area contributed by atoms with Crippen molar-refractivity contribution in [1.29, 1.82) is 5.26 Å². The molecule has 3 aromatic rings. The Morgan fingerprint density at radius 3 is 2.80 bits per heavy atom. The van der Waals surface area contributed by atoms with Gasteiger partial charge in [0.25, 0.3) is 0 Å². The Balaban J connectivity index is 1.49. The summed E-state index contributed by atoms with van der Waals surface area (Å²) in [4.78, 5) is 10.1. The molecular weight excluding hydrogens is 513 g/mol. The Labute approximate surface area is 213 Å². The number of nitriles is 1. The topological polar surface area (TPSA) is 117 Å². The van der Waals surface area contributed by atoms with Crippen molar-refractivity contribution in [3.63, 3.8) is 0 Å². The van der Waals surface area contributed by atoms with Crippen LogP contribution in [0.2, 0.25) is 5.02 Å². The summed E-state index contributed by atoms with van der Waals surface area (Å²) in [6.07, 6.45) is 3.28. The minimum Gasteiger partial charge on any atom is -0.489 e. The maximum Gasteiger partial charge on any atom is 0.236 e. The number of hydrogen-bond donors (Lipinski definition) is 1. The Bertz CT molecular complexity index is 1400.